The van der Waals surface area contributed by atoms with Gasteiger partial charge in [0.25, 0.3) is 0 Å². The first kappa shape index (κ1) is 22.5. The number of rotatable bonds is 5. The molecule has 176 valence electrons. The van der Waals surface area contributed by atoms with Gasteiger partial charge in [-0.05, 0) is 30.0 Å². The number of aromatic amines is 1. The molecule has 0 saturated carbocycles. The Morgan fingerprint density at radius 2 is 2.06 bits per heavy atom. The van der Waals surface area contributed by atoms with Crippen LogP contribution in [-0.2, 0) is 0 Å². The van der Waals surface area contributed by atoms with Gasteiger partial charge in [0.1, 0.15) is 5.75 Å². The van der Waals surface area contributed by atoms with Crippen molar-refractivity contribution in [2.24, 2.45) is 11.1 Å². The minimum Gasteiger partial charge on any atom is -0.494 e. The minimum atomic E-state index is 0.0539. The first-order chi connectivity index (χ1) is 16.4. The summed E-state index contributed by atoms with van der Waals surface area (Å²) in [5, 5.41) is 4.85. The van der Waals surface area contributed by atoms with Gasteiger partial charge in [-0.1, -0.05) is 43.6 Å². The molecule has 0 radical (unpaired) electrons. The van der Waals surface area contributed by atoms with Gasteiger partial charge < -0.3 is 25.7 Å². The van der Waals surface area contributed by atoms with Gasteiger partial charge in [0.2, 0.25) is 5.95 Å². The number of ether oxygens (including phenoxy) is 1. The number of hydrogen-bond acceptors (Lipinski definition) is 6. The minimum absolute atomic E-state index is 0.0539. The van der Waals surface area contributed by atoms with Gasteiger partial charge in [-0.15, -0.1) is 0 Å². The molecule has 0 amide bonds. The fourth-order valence-corrected chi connectivity index (χ4v) is 4.77. The van der Waals surface area contributed by atoms with Crippen molar-refractivity contribution in [2.75, 3.05) is 30.4 Å². The number of halogens is 1. The zero-order valence-corrected chi connectivity index (χ0v) is 20.4. The van der Waals surface area contributed by atoms with Crippen molar-refractivity contribution < 1.29 is 4.74 Å². The fraction of sp³-hybridized carbons (Fsp3) is 0.308. The lowest BCUT2D eigenvalue weighted by atomic mass is 9.79. The Kier molecular flexibility index (Phi) is 5.83. The van der Waals surface area contributed by atoms with E-state index in [4.69, 9.17) is 27.1 Å². The van der Waals surface area contributed by atoms with Crippen molar-refractivity contribution in [3.63, 3.8) is 0 Å². The maximum absolute atomic E-state index is 6.48. The van der Waals surface area contributed by atoms with Gasteiger partial charge in [0.05, 0.1) is 29.7 Å². The first-order valence-corrected chi connectivity index (χ1v) is 11.8. The van der Waals surface area contributed by atoms with E-state index in [9.17, 15) is 0 Å². The van der Waals surface area contributed by atoms with Crippen LogP contribution in [0.2, 0.25) is 5.02 Å². The van der Waals surface area contributed by atoms with E-state index in [1.54, 1.807) is 13.3 Å². The van der Waals surface area contributed by atoms with Crippen LogP contribution >= 0.6 is 11.6 Å². The Hall–Kier alpha value is -3.29. The number of methoxy groups -OCH3 is 1. The van der Waals surface area contributed by atoms with Gasteiger partial charge in [-0.2, -0.15) is 0 Å². The summed E-state index contributed by atoms with van der Waals surface area (Å²) in [7, 11) is 1.67. The molecule has 2 aromatic carbocycles. The summed E-state index contributed by atoms with van der Waals surface area (Å²) in [6.45, 7) is 6.27. The predicted octanol–water partition coefficient (Wildman–Crippen LogP) is 5.59. The zero-order valence-electron chi connectivity index (χ0n) is 19.6. The highest BCUT2D eigenvalue weighted by molar-refractivity contribution is 6.33. The predicted molar refractivity (Wildman–Crippen MR) is 139 cm³/mol. The number of piperidine rings is 1. The topological polar surface area (TPSA) is 92.1 Å². The van der Waals surface area contributed by atoms with E-state index in [0.29, 0.717) is 16.7 Å². The third-order valence-electron chi connectivity index (χ3n) is 6.70. The molecule has 4 N–H and O–H groups in total. The highest BCUT2D eigenvalue weighted by Gasteiger charge is 2.33. The number of hydrogen-bond donors (Lipinski definition) is 3. The summed E-state index contributed by atoms with van der Waals surface area (Å²) in [5.74, 6) is 1.16. The molecular weight excluding hydrogens is 448 g/mol. The summed E-state index contributed by atoms with van der Waals surface area (Å²) < 4.78 is 5.71. The average molecular weight is 477 g/mol. The SMILES string of the molecule is COc1cc(N2CCC(N)C(C)(C)C2)ccc1Nc1ncc(Cl)c(-c2c[nH]c3ccccc23)n1. The number of benzene rings is 2. The van der Waals surface area contributed by atoms with Gasteiger partial charge in [-0.3, -0.25) is 0 Å². The number of fused-ring (bicyclic) bond motifs is 1. The Balaban J connectivity index is 1.43. The molecule has 1 fully saturated rings. The molecule has 0 bridgehead atoms. The lowest BCUT2D eigenvalue weighted by Gasteiger charge is -2.43. The van der Waals surface area contributed by atoms with E-state index in [2.05, 4.69) is 40.1 Å². The van der Waals surface area contributed by atoms with Crippen LogP contribution < -0.4 is 20.7 Å². The molecule has 7 nitrogen and oxygen atoms in total. The Labute approximate surface area is 204 Å². The standard InChI is InChI=1S/C26H29ClN6O/c1-26(2)15-33(11-10-23(26)28)16-8-9-21(22(12-16)34-3)31-25-30-14-19(27)24(32-25)18-13-29-20-7-5-4-6-17(18)20/h4-9,12-14,23,29H,10-11,15,28H2,1-3H3,(H,30,31,32). The van der Waals surface area contributed by atoms with Crippen molar-refractivity contribution in [2.45, 2.75) is 26.3 Å². The van der Waals surface area contributed by atoms with E-state index < -0.39 is 0 Å². The second kappa shape index (κ2) is 8.81. The lowest BCUT2D eigenvalue weighted by Crippen LogP contribution is -2.52. The Morgan fingerprint density at radius 3 is 2.85 bits per heavy atom. The molecule has 34 heavy (non-hydrogen) atoms. The Bertz CT molecular complexity index is 1330. The van der Waals surface area contributed by atoms with E-state index in [1.807, 2.05) is 42.6 Å². The summed E-state index contributed by atoms with van der Waals surface area (Å²) >= 11 is 6.48. The quantitative estimate of drug-likeness (QED) is 0.347. The normalized spacial score (nSPS) is 17.7. The van der Waals surface area contributed by atoms with Crippen molar-refractivity contribution in [1.29, 1.82) is 0 Å². The fourth-order valence-electron chi connectivity index (χ4n) is 4.58. The largest absolute Gasteiger partial charge is 0.494 e. The molecule has 4 aromatic rings. The number of anilines is 3. The van der Waals surface area contributed by atoms with Crippen molar-refractivity contribution in [3.05, 3.63) is 59.9 Å². The van der Waals surface area contributed by atoms with Gasteiger partial charge in [-0.25, -0.2) is 9.97 Å². The molecule has 2 aromatic heterocycles. The number of nitrogens with zero attached hydrogens (tertiary/aromatic N) is 3. The maximum atomic E-state index is 6.48. The van der Waals surface area contributed by atoms with Crippen molar-refractivity contribution >= 4 is 39.8 Å². The zero-order chi connectivity index (χ0) is 23.9. The highest BCUT2D eigenvalue weighted by atomic mass is 35.5. The molecule has 5 rings (SSSR count). The van der Waals surface area contributed by atoms with Crippen LogP contribution in [-0.4, -0.2) is 41.2 Å². The molecule has 0 aliphatic carbocycles. The monoisotopic (exact) mass is 476 g/mol. The van der Waals surface area contributed by atoms with Crippen LogP contribution in [0.15, 0.2) is 54.9 Å². The molecular formula is C26H29ClN6O. The average Bonchev–Trinajstić information content (AvgIpc) is 3.26. The van der Waals surface area contributed by atoms with Crippen molar-refractivity contribution in [1.82, 2.24) is 15.0 Å². The summed E-state index contributed by atoms with van der Waals surface area (Å²) in [6.07, 6.45) is 4.50. The van der Waals surface area contributed by atoms with Gasteiger partial charge in [0, 0.05) is 53.5 Å². The van der Waals surface area contributed by atoms with Crippen LogP contribution in [0.5, 0.6) is 5.75 Å². The molecule has 0 spiro atoms. The van der Waals surface area contributed by atoms with Gasteiger partial charge in [0.15, 0.2) is 0 Å². The van der Waals surface area contributed by atoms with E-state index in [1.165, 1.54) is 0 Å². The summed E-state index contributed by atoms with van der Waals surface area (Å²) in [6, 6.07) is 14.4. The van der Waals surface area contributed by atoms with Gasteiger partial charge >= 0.3 is 0 Å². The van der Waals surface area contributed by atoms with Crippen LogP contribution in [0, 0.1) is 5.41 Å². The molecule has 1 atom stereocenters. The molecule has 8 heteroatoms. The van der Waals surface area contributed by atoms with Crippen LogP contribution in [0.25, 0.3) is 22.2 Å². The van der Waals surface area contributed by atoms with Crippen molar-refractivity contribution in [3.8, 4) is 17.0 Å². The number of nitrogens with two attached hydrogens (primary N) is 1. The van der Waals surface area contributed by atoms with E-state index in [0.717, 1.165) is 53.1 Å². The lowest BCUT2D eigenvalue weighted by molar-refractivity contribution is 0.245. The molecule has 1 aliphatic heterocycles. The molecule has 1 unspecified atom stereocenters. The second-order valence-electron chi connectivity index (χ2n) is 9.45. The van der Waals surface area contributed by atoms with Crippen LogP contribution in [0.4, 0.5) is 17.3 Å². The smallest absolute Gasteiger partial charge is 0.227 e. The maximum Gasteiger partial charge on any atom is 0.227 e. The third-order valence-corrected chi connectivity index (χ3v) is 6.97. The third kappa shape index (κ3) is 4.17. The van der Waals surface area contributed by atoms with Crippen LogP contribution in [0.3, 0.4) is 0 Å². The number of nitrogens with one attached hydrogen (secondary N) is 2. The molecule has 3 heterocycles. The van der Waals surface area contributed by atoms with E-state index >= 15 is 0 Å². The highest BCUT2D eigenvalue weighted by Crippen LogP contribution is 2.37. The summed E-state index contributed by atoms with van der Waals surface area (Å²) in [5.41, 5.74) is 10.9. The van der Waals surface area contributed by atoms with E-state index in [-0.39, 0.29) is 11.5 Å². The number of para-hydroxylation sites is 1. The second-order valence-corrected chi connectivity index (χ2v) is 9.86. The first-order valence-electron chi connectivity index (χ1n) is 11.4. The molecule has 1 saturated heterocycles. The number of aromatic nitrogens is 3. The summed E-state index contributed by atoms with van der Waals surface area (Å²) in [4.78, 5) is 14.8. The number of H-pyrrole nitrogens is 1. The van der Waals surface area contributed by atoms with Crippen LogP contribution in [0.1, 0.15) is 20.3 Å². The Morgan fingerprint density at radius 1 is 1.24 bits per heavy atom. The molecule has 1 aliphatic rings.